The van der Waals surface area contributed by atoms with Crippen LogP contribution in [0.15, 0.2) is 47.4 Å². The Morgan fingerprint density at radius 3 is 2.42 bits per heavy atom. The highest BCUT2D eigenvalue weighted by Gasteiger charge is 2.31. The molecule has 1 fully saturated rings. The van der Waals surface area contributed by atoms with Gasteiger partial charge in [0.1, 0.15) is 35.5 Å². The van der Waals surface area contributed by atoms with Crippen LogP contribution in [0, 0.1) is 11.8 Å². The van der Waals surface area contributed by atoms with Crippen molar-refractivity contribution < 1.29 is 26.3 Å². The first-order valence-corrected chi connectivity index (χ1v) is 15.7. The number of nitrogens with one attached hydrogen (secondary N) is 2. The van der Waals surface area contributed by atoms with Gasteiger partial charge in [-0.15, -0.1) is 0 Å². The number of alkyl halides is 3. The minimum absolute atomic E-state index is 0.0627. The van der Waals surface area contributed by atoms with E-state index in [1.807, 2.05) is 11.9 Å². The van der Waals surface area contributed by atoms with Crippen LogP contribution in [0.5, 0.6) is 5.75 Å². The molecule has 1 unspecified atom stereocenters. The number of halogens is 3. The summed E-state index contributed by atoms with van der Waals surface area (Å²) in [6.45, 7) is 0.277. The summed E-state index contributed by atoms with van der Waals surface area (Å²) in [5, 5.41) is 4.60. The van der Waals surface area contributed by atoms with E-state index in [1.165, 1.54) is 25.9 Å². The molecule has 0 saturated carbocycles. The maximum absolute atomic E-state index is 14.8. The van der Waals surface area contributed by atoms with Gasteiger partial charge in [0, 0.05) is 30.2 Å². The van der Waals surface area contributed by atoms with Crippen molar-refractivity contribution in [2.45, 2.75) is 45.5 Å². The number of rotatable bonds is 10. The number of aromatic nitrogens is 1. The van der Waals surface area contributed by atoms with Crippen molar-refractivity contribution >= 4 is 88.4 Å². The highest BCUT2D eigenvalue weighted by molar-refractivity contribution is 7.96. The Balaban J connectivity index is 1.64. The van der Waals surface area contributed by atoms with E-state index in [9.17, 15) is 21.6 Å². The fourth-order valence-electron chi connectivity index (χ4n) is 4.88. The van der Waals surface area contributed by atoms with Crippen LogP contribution in [0.2, 0.25) is 0 Å². The first-order chi connectivity index (χ1) is 20.7. The van der Waals surface area contributed by atoms with E-state index in [1.54, 1.807) is 24.3 Å². The van der Waals surface area contributed by atoms with E-state index in [4.69, 9.17) is 51.8 Å². The van der Waals surface area contributed by atoms with Crippen molar-refractivity contribution in [1.82, 2.24) is 9.47 Å². The Kier molecular flexibility index (Phi) is 10.4. The van der Waals surface area contributed by atoms with E-state index < -0.39 is 48.9 Å². The summed E-state index contributed by atoms with van der Waals surface area (Å²) in [5.74, 6) is 5.59. The molecule has 7 nitrogen and oxygen atoms in total. The molecule has 1 aliphatic rings. The highest BCUT2D eigenvalue weighted by atomic mass is 32.2. The molecule has 4 rings (SSSR count). The number of fused-ring (bicyclic) bond motifs is 1. The second-order valence-corrected chi connectivity index (χ2v) is 14.1. The predicted octanol–water partition coefficient (Wildman–Crippen LogP) is 1.41. The monoisotopic (exact) mass is 640 g/mol. The largest absolute Gasteiger partial charge is 0.514 e. The van der Waals surface area contributed by atoms with Crippen LogP contribution in [-0.2, 0) is 16.4 Å². The van der Waals surface area contributed by atoms with Gasteiger partial charge in [-0.25, -0.2) is 21.6 Å². The highest BCUT2D eigenvalue weighted by Crippen LogP contribution is 2.34. The molecule has 3 atom stereocenters. The molecule has 2 N–H and O–H groups in total. The zero-order chi connectivity index (χ0) is 33.4. The molecule has 3 aromatic rings. The maximum atomic E-state index is 14.8. The number of anilines is 2. The van der Waals surface area contributed by atoms with Gasteiger partial charge in [-0.2, -0.15) is 0 Å². The first kappa shape index (κ1) is 35.3. The third kappa shape index (κ3) is 8.84. The third-order valence-electron chi connectivity index (χ3n) is 7.00. The second-order valence-electron chi connectivity index (χ2n) is 11.1. The van der Waals surface area contributed by atoms with Crippen LogP contribution >= 0.6 is 9.24 Å². The summed E-state index contributed by atoms with van der Waals surface area (Å²) in [4.78, 5) is 1.52. The lowest BCUT2D eigenvalue weighted by Crippen LogP contribution is -2.46. The molecule has 0 aliphatic carbocycles. The number of nitrogens with zero attached hydrogens (tertiary/aromatic N) is 2. The SMILES string of the molecule is [B]C([B])([B])Oc1cc(S(=O)(=O)C([B])([B])[B])ccc1NCC#Cc1cc2c(N[C@@H]3CCN(C)C[C@@H]3F)cccc2n1CC(F)(F)P. The second kappa shape index (κ2) is 13.3. The van der Waals surface area contributed by atoms with Crippen LogP contribution in [0.25, 0.3) is 10.9 Å². The number of sulfone groups is 1. The maximum Gasteiger partial charge on any atom is 0.276 e. The van der Waals surface area contributed by atoms with E-state index >= 15 is 0 Å². The quantitative estimate of drug-likeness (QED) is 0.199. The number of likely N-dealkylation sites (tertiary alicyclic amines) is 1. The average Bonchev–Trinajstić information content (AvgIpc) is 3.23. The van der Waals surface area contributed by atoms with Gasteiger partial charge < -0.3 is 24.8 Å². The zero-order valence-electron chi connectivity index (χ0n) is 24.4. The van der Waals surface area contributed by atoms with Gasteiger partial charge in [0.05, 0.1) is 64.5 Å². The number of ether oxygens (including phenoxy) is 1. The Hall–Kier alpha value is -2.54. The van der Waals surface area contributed by atoms with Gasteiger partial charge >= 0.3 is 0 Å². The van der Waals surface area contributed by atoms with Crippen molar-refractivity contribution in [3.05, 3.63) is 48.2 Å². The normalized spacial score (nSPS) is 18.2. The van der Waals surface area contributed by atoms with Gasteiger partial charge in [0.2, 0.25) is 0 Å². The molecule has 0 spiro atoms. The number of hydrogen-bond acceptors (Lipinski definition) is 6. The summed E-state index contributed by atoms with van der Waals surface area (Å²) >= 11 is 0. The van der Waals surface area contributed by atoms with Gasteiger partial charge in [-0.05, 0) is 59.5 Å². The molecule has 2 aromatic carbocycles. The van der Waals surface area contributed by atoms with E-state index in [-0.39, 0.29) is 23.7 Å². The fraction of sp³-hybridized carbons (Fsp3) is 0.407. The van der Waals surface area contributed by atoms with E-state index in [2.05, 4.69) is 22.5 Å². The third-order valence-corrected chi connectivity index (χ3v) is 8.99. The molecule has 0 bridgehead atoms. The lowest BCUT2D eigenvalue weighted by atomic mass is 9.52. The van der Waals surface area contributed by atoms with Gasteiger partial charge in [0.25, 0.3) is 5.66 Å². The summed E-state index contributed by atoms with van der Waals surface area (Å²) < 4.78 is 72.6. The minimum atomic E-state index is -4.40. The number of benzene rings is 2. The van der Waals surface area contributed by atoms with Crippen molar-refractivity contribution in [3.8, 4) is 17.6 Å². The number of piperidine rings is 1. The molecule has 1 aliphatic heterocycles. The summed E-state index contributed by atoms with van der Waals surface area (Å²) in [6, 6.07) is 9.94. The van der Waals surface area contributed by atoms with Crippen LogP contribution in [0.3, 0.4) is 0 Å². The van der Waals surface area contributed by atoms with Crippen LogP contribution < -0.4 is 15.4 Å². The zero-order valence-corrected chi connectivity index (χ0v) is 26.4. The Morgan fingerprint density at radius 2 is 1.80 bits per heavy atom. The summed E-state index contributed by atoms with van der Waals surface area (Å²) in [6.07, 6.45) is -0.516. The van der Waals surface area contributed by atoms with Crippen molar-refractivity contribution in [2.75, 3.05) is 37.3 Å². The van der Waals surface area contributed by atoms with E-state index in [0.29, 0.717) is 29.6 Å². The van der Waals surface area contributed by atoms with Gasteiger partial charge in [-0.3, -0.25) is 0 Å². The van der Waals surface area contributed by atoms with Crippen LogP contribution in [0.1, 0.15) is 12.1 Å². The van der Waals surface area contributed by atoms with Crippen LogP contribution in [-0.4, -0.2) is 119 Å². The van der Waals surface area contributed by atoms with Crippen LogP contribution in [0.4, 0.5) is 24.5 Å². The molecular weight excluding hydrogens is 613 g/mol. The lowest BCUT2D eigenvalue weighted by molar-refractivity contribution is 0.0851. The molecule has 45 heavy (non-hydrogen) atoms. The molecule has 1 saturated heterocycles. The van der Waals surface area contributed by atoms with E-state index in [0.717, 1.165) is 12.6 Å². The Labute approximate surface area is 272 Å². The van der Waals surface area contributed by atoms with Gasteiger partial charge in [-0.1, -0.05) is 21.2 Å². The molecule has 18 heteroatoms. The van der Waals surface area contributed by atoms with Crippen molar-refractivity contribution in [2.24, 2.45) is 0 Å². The van der Waals surface area contributed by atoms with Crippen molar-refractivity contribution in [3.63, 3.8) is 0 Å². The minimum Gasteiger partial charge on any atom is -0.514 e. The van der Waals surface area contributed by atoms with Crippen molar-refractivity contribution in [1.29, 1.82) is 0 Å². The predicted molar refractivity (Wildman–Crippen MR) is 181 cm³/mol. The Bertz CT molecular complexity index is 1720. The molecule has 1 aromatic heterocycles. The topological polar surface area (TPSA) is 75.6 Å². The summed E-state index contributed by atoms with van der Waals surface area (Å²) in [7, 11) is 31.9. The number of hydrogen-bond donors (Lipinski definition) is 2. The smallest absolute Gasteiger partial charge is 0.276 e. The fourth-order valence-corrected chi connectivity index (χ4v) is 5.98. The summed E-state index contributed by atoms with van der Waals surface area (Å²) in [5.41, 5.74) is -1.55. The lowest BCUT2D eigenvalue weighted by Gasteiger charge is -2.33. The molecule has 12 radical (unpaired) electrons. The standard InChI is InChI=1S/C27H26B6F3N4O3PS/c1-39-11-9-21(19(34)14-39)38-20-5-2-6-23-18(20)12-16(40(23)15-25(35,36)44)4-3-10-37-22-8-7-17(45(41,42)27(31,32)33)13-24(22)43-26(28,29)30/h2,5-8,12-13,19,21,37-38H,9-11,14-15,44H2,1H3/t19-,21+/m0/s1. The first-order valence-electron chi connectivity index (χ1n) is 13.7. The Morgan fingerprint density at radius 1 is 1.09 bits per heavy atom. The molecule has 2 heterocycles. The molecular formula is C27H26B6F3N4O3PS. The average molecular weight is 639 g/mol. The molecule has 222 valence electrons. The van der Waals surface area contributed by atoms with Gasteiger partial charge in [0.15, 0.2) is 9.84 Å². The molecule has 0 amide bonds.